The molecular weight excluding hydrogens is 304 g/mol. The van der Waals surface area contributed by atoms with Gasteiger partial charge in [-0.1, -0.05) is 38.9 Å². The Balaban J connectivity index is -0.000000295. The van der Waals surface area contributed by atoms with Gasteiger partial charge in [0, 0.05) is 12.1 Å². The van der Waals surface area contributed by atoms with Crippen LogP contribution in [0.4, 0.5) is 0 Å². The quantitative estimate of drug-likeness (QED) is 0.737. The van der Waals surface area contributed by atoms with E-state index in [4.69, 9.17) is 0 Å². The predicted molar refractivity (Wildman–Crippen MR) is 84.6 cm³/mol. The van der Waals surface area contributed by atoms with Gasteiger partial charge in [-0.3, -0.25) is 9.98 Å². The Hall–Kier alpha value is -0.208. The van der Waals surface area contributed by atoms with E-state index in [9.17, 15) is 10.2 Å². The van der Waals surface area contributed by atoms with Crippen LogP contribution in [0.2, 0.25) is 0 Å². The fourth-order valence-electron chi connectivity index (χ4n) is 1.09. The van der Waals surface area contributed by atoms with Gasteiger partial charge in [0.05, 0.1) is 0 Å². The van der Waals surface area contributed by atoms with E-state index in [0.29, 0.717) is 11.4 Å². The van der Waals surface area contributed by atoms with Crippen LogP contribution in [-0.2, 0) is 17.4 Å². The van der Waals surface area contributed by atoms with Gasteiger partial charge in [-0.15, -0.1) is 0 Å². The van der Waals surface area contributed by atoms with Crippen LogP contribution in [0.15, 0.2) is 9.98 Å². The van der Waals surface area contributed by atoms with Crippen molar-refractivity contribution in [1.82, 2.24) is 0 Å². The first-order chi connectivity index (χ1) is 8.67. The average molecular weight is 336 g/mol. The van der Waals surface area contributed by atoms with Crippen LogP contribution >= 0.6 is 0 Å². The van der Waals surface area contributed by atoms with Crippen molar-refractivity contribution in [1.29, 1.82) is 0 Å². The summed E-state index contributed by atoms with van der Waals surface area (Å²) < 4.78 is 0. The van der Waals surface area contributed by atoms with Gasteiger partial charge in [0.15, 0.2) is 0 Å². The summed E-state index contributed by atoms with van der Waals surface area (Å²) in [6.07, 6.45) is 0. The number of hydrogen-bond acceptors (Lipinski definition) is 4. The molecular formula is C16H32CrN2O2. The molecule has 4 nitrogen and oxygen atoms in total. The summed E-state index contributed by atoms with van der Waals surface area (Å²) >= 11 is 0. The fourth-order valence-corrected chi connectivity index (χ4v) is 1.09. The molecule has 124 valence electrons. The van der Waals surface area contributed by atoms with Crippen LogP contribution in [0.3, 0.4) is 0 Å². The van der Waals surface area contributed by atoms with E-state index in [1.165, 1.54) is 0 Å². The van der Waals surface area contributed by atoms with Gasteiger partial charge in [0.2, 0.25) is 0 Å². The van der Waals surface area contributed by atoms with E-state index < -0.39 is 11.2 Å². The summed E-state index contributed by atoms with van der Waals surface area (Å²) in [6, 6.07) is 0.460. The summed E-state index contributed by atoms with van der Waals surface area (Å²) in [7, 11) is 0. The molecule has 0 aliphatic rings. The summed E-state index contributed by atoms with van der Waals surface area (Å²) in [5.74, 6) is 0. The van der Waals surface area contributed by atoms with E-state index in [-0.39, 0.29) is 29.4 Å². The van der Waals surface area contributed by atoms with Crippen LogP contribution in [0.5, 0.6) is 0 Å². The molecule has 21 heavy (non-hydrogen) atoms. The van der Waals surface area contributed by atoms with Crippen LogP contribution in [0.1, 0.15) is 69.2 Å². The van der Waals surface area contributed by atoms with Crippen LogP contribution in [0, 0.1) is 0 Å². The van der Waals surface area contributed by atoms with Gasteiger partial charge < -0.3 is 10.2 Å². The number of hydrogen-bond donors (Lipinski definition) is 0. The molecule has 0 saturated carbocycles. The van der Waals surface area contributed by atoms with Crippen molar-refractivity contribution in [2.24, 2.45) is 9.98 Å². The summed E-state index contributed by atoms with van der Waals surface area (Å²) in [4.78, 5) is 8.31. The zero-order valence-electron chi connectivity index (χ0n) is 15.3. The molecule has 0 rings (SSSR count). The van der Waals surface area contributed by atoms with Gasteiger partial charge in [-0.2, -0.15) is 0 Å². The van der Waals surface area contributed by atoms with Crippen molar-refractivity contribution >= 4 is 11.4 Å². The monoisotopic (exact) mass is 336 g/mol. The minimum atomic E-state index is -1.01. The molecule has 0 amide bonds. The molecule has 0 unspecified atom stereocenters. The number of aliphatic imine (C=N–C) groups is 2. The normalized spacial score (nSPS) is 13.8. The third-order valence-electron chi connectivity index (χ3n) is 2.65. The summed E-state index contributed by atoms with van der Waals surface area (Å²) in [5, 5.41) is 22.4. The molecule has 0 aliphatic carbocycles. The number of nitrogens with zero attached hydrogens (tertiary/aromatic N) is 2. The van der Waals surface area contributed by atoms with E-state index in [1.54, 1.807) is 41.5 Å². The summed E-state index contributed by atoms with van der Waals surface area (Å²) in [5.41, 5.74) is -0.654. The topological polar surface area (TPSA) is 70.8 Å². The molecule has 0 radical (unpaired) electrons. The molecule has 0 spiro atoms. The van der Waals surface area contributed by atoms with E-state index in [1.807, 2.05) is 27.7 Å². The maximum Gasteiger partial charge on any atom is 2.00 e. The standard InChI is InChI=1S/2C8H16NO.Cr/c2*1-6(2)9-7(3)8(4,5)10;/h2*6H,1-5H3;/q2*-1;+2. The van der Waals surface area contributed by atoms with Crippen molar-refractivity contribution < 1.29 is 27.6 Å². The van der Waals surface area contributed by atoms with Crippen molar-refractivity contribution in [3.63, 3.8) is 0 Å². The summed E-state index contributed by atoms with van der Waals surface area (Å²) in [6.45, 7) is 18.0. The first-order valence-corrected chi connectivity index (χ1v) is 7.18. The molecule has 0 aromatic carbocycles. The Morgan fingerprint density at radius 1 is 0.714 bits per heavy atom. The zero-order valence-corrected chi connectivity index (χ0v) is 16.5. The van der Waals surface area contributed by atoms with Gasteiger partial charge in [-0.05, 0) is 53.0 Å². The predicted octanol–water partition coefficient (Wildman–Crippen LogP) is 1.99. The number of rotatable bonds is 4. The van der Waals surface area contributed by atoms with Crippen LogP contribution < -0.4 is 10.2 Å². The molecule has 0 atom stereocenters. The smallest absolute Gasteiger partial charge is 0.846 e. The first-order valence-electron chi connectivity index (χ1n) is 7.18. The Morgan fingerprint density at radius 2 is 0.905 bits per heavy atom. The van der Waals surface area contributed by atoms with Crippen molar-refractivity contribution in [2.45, 2.75) is 92.5 Å². The van der Waals surface area contributed by atoms with Gasteiger partial charge >= 0.3 is 17.4 Å². The Kier molecular flexibility index (Phi) is 12.9. The van der Waals surface area contributed by atoms with E-state index in [2.05, 4.69) is 9.98 Å². The minimum Gasteiger partial charge on any atom is -0.846 e. The maximum absolute atomic E-state index is 11.2. The average Bonchev–Trinajstić information content (AvgIpc) is 2.13. The van der Waals surface area contributed by atoms with Crippen LogP contribution in [0.25, 0.3) is 0 Å². The third-order valence-corrected chi connectivity index (χ3v) is 2.65. The van der Waals surface area contributed by atoms with Gasteiger partial charge in [0.25, 0.3) is 0 Å². The second-order valence-corrected chi connectivity index (χ2v) is 6.64. The molecule has 0 N–H and O–H groups in total. The molecule has 0 aromatic heterocycles. The zero-order chi connectivity index (χ0) is 16.7. The molecule has 0 saturated heterocycles. The van der Waals surface area contributed by atoms with Crippen molar-refractivity contribution in [3.8, 4) is 0 Å². The molecule has 0 fully saturated rings. The SMILES string of the molecule is CC(=NC(C)C)C(C)(C)[O-].CC(=NC(C)C)C(C)(C)[O-].[Cr+2]. The van der Waals surface area contributed by atoms with Crippen molar-refractivity contribution in [2.75, 3.05) is 0 Å². The maximum atomic E-state index is 11.2. The van der Waals surface area contributed by atoms with Crippen LogP contribution in [-0.4, -0.2) is 34.7 Å². The fraction of sp³-hybridized carbons (Fsp3) is 0.875. The van der Waals surface area contributed by atoms with E-state index in [0.717, 1.165) is 0 Å². The second-order valence-electron chi connectivity index (χ2n) is 6.64. The minimum absolute atomic E-state index is 0. The first kappa shape index (κ1) is 25.7. The molecule has 0 aliphatic heterocycles. The Morgan fingerprint density at radius 3 is 0.952 bits per heavy atom. The Bertz CT molecular complexity index is 301. The van der Waals surface area contributed by atoms with E-state index >= 15 is 0 Å². The molecule has 0 aromatic rings. The van der Waals surface area contributed by atoms with Gasteiger partial charge in [0.1, 0.15) is 0 Å². The van der Waals surface area contributed by atoms with Crippen molar-refractivity contribution in [3.05, 3.63) is 0 Å². The Labute approximate surface area is 141 Å². The third kappa shape index (κ3) is 16.0. The van der Waals surface area contributed by atoms with Gasteiger partial charge in [-0.25, -0.2) is 0 Å². The molecule has 5 heteroatoms. The molecule has 0 bridgehead atoms. The molecule has 0 heterocycles. The largest absolute Gasteiger partial charge is 2.00 e. The second kappa shape index (κ2) is 10.5.